The van der Waals surface area contributed by atoms with Gasteiger partial charge in [-0.05, 0) is 240 Å². The number of anilines is 4. The third kappa shape index (κ3) is 20.2. The van der Waals surface area contributed by atoms with Gasteiger partial charge in [0.05, 0.1) is 0 Å². The first-order valence-corrected chi connectivity index (χ1v) is 44.8. The minimum absolute atomic E-state index is 0.256. The van der Waals surface area contributed by atoms with Gasteiger partial charge in [-0.15, -0.1) is 0 Å². The molecule has 2 fully saturated rings. The maximum atomic E-state index is 6.07. The average Bonchev–Trinajstić information content (AvgIpc) is 1.64. The number of benzene rings is 4. The largest absolute Gasteiger partial charge is 0.454 e. The number of aromatic nitrogens is 16. The lowest BCUT2D eigenvalue weighted by atomic mass is 10.2. The van der Waals surface area contributed by atoms with E-state index in [1.165, 1.54) is 51.0 Å². The number of nitrogen functional groups attached to an aromatic ring is 4. The highest BCUT2D eigenvalue weighted by Crippen LogP contribution is 2.47. The van der Waals surface area contributed by atoms with Crippen LogP contribution in [0.2, 0.25) is 0 Å². The molecule has 12 aromatic rings. The smallest absolute Gasteiger partial charge is 0.231 e. The molecule has 18 rings (SSSR count). The summed E-state index contributed by atoms with van der Waals surface area (Å²) in [7, 11) is 0. The van der Waals surface area contributed by atoms with Crippen molar-refractivity contribution in [2.24, 2.45) is 23.7 Å². The standard InChI is InChI=1S/C19H21IN6O2S.C19H23IN6O2S.C18H19IN6O2S.C18H21IN6O2S/c20-12-6-13-14(28-10-27-13)7-15(12)29-19-25-16-17(21)23-9-24-18(16)26(19)5-1-4-22-8-11-2-3-11;1-11(2)8-22-4-3-5-26-18-16(17(21)23-9-24-18)25-19(26)29-15-7-14-13(6-12(15)20)27-10-28-14;19-11-5-12-13(27-9-26-12)6-14(11)28-18-24-15-16(20)22-8-23-17(15)25(18)4-3-21-7-10-1-2-10;1-10(2)7-21-3-4-25-17-15(16(20)22-8-23-17)24-18(25)28-14-6-13-12(5-11(14)19)26-9-27-13/h6-7,9,11,22H,1-5,8,10H2,(H2,21,23,24);6-7,9,11,22H,3-5,8,10H2,1-2H3,(H2,21,23,24);5-6,8,10,21H,1-4,7,9H2,(H2,20,22,23);5-6,8,10,21H,3-4,7,9H2,1-2H3,(H2,20,22,23). The van der Waals surface area contributed by atoms with Crippen LogP contribution in [-0.4, -0.2) is 158 Å². The Kier molecular flexibility index (Phi) is 27.4. The number of nitrogens with zero attached hydrogens (tertiary/aromatic N) is 16. The highest BCUT2D eigenvalue weighted by atomic mass is 127. The molecule has 0 bridgehead atoms. The highest BCUT2D eigenvalue weighted by molar-refractivity contribution is 14.1. The van der Waals surface area contributed by atoms with Gasteiger partial charge in [0.15, 0.2) is 135 Å². The summed E-state index contributed by atoms with van der Waals surface area (Å²) < 4.78 is 56.8. The normalized spacial score (nSPS) is 14.2. The molecule has 6 aliphatic rings. The second-order valence-corrected chi connectivity index (χ2v) is 36.7. The molecule has 2 aliphatic carbocycles. The number of nitrogens with one attached hydrogen (secondary N) is 4. The van der Waals surface area contributed by atoms with Gasteiger partial charge >= 0.3 is 0 Å². The third-order valence-corrected chi connectivity index (χ3v) is 27.7. The average molecular weight is 2070 g/mol. The van der Waals surface area contributed by atoms with Gasteiger partial charge in [-0.2, -0.15) is 0 Å². The van der Waals surface area contributed by atoms with Crippen LogP contribution in [0.25, 0.3) is 44.7 Å². The molecule has 12 N–H and O–H groups in total. The van der Waals surface area contributed by atoms with Crippen molar-refractivity contribution >= 4 is 205 Å². The zero-order chi connectivity index (χ0) is 78.9. The van der Waals surface area contributed by atoms with E-state index in [4.69, 9.17) is 80.8 Å². The lowest BCUT2D eigenvalue weighted by Gasteiger charge is -2.11. The molecule has 12 heterocycles. The van der Waals surface area contributed by atoms with Gasteiger partial charge in [-0.1, -0.05) is 74.7 Å². The second kappa shape index (κ2) is 38.1. The first-order chi connectivity index (χ1) is 55.4. The van der Waals surface area contributed by atoms with Crippen molar-refractivity contribution in [3.05, 3.63) is 88.1 Å². The first-order valence-electron chi connectivity index (χ1n) is 37.2. The fraction of sp³-hybridized carbons (Fsp3) is 0.405. The number of hydrogen-bond donors (Lipinski definition) is 8. The topological polar surface area (TPSA) is 400 Å². The van der Waals surface area contributed by atoms with E-state index in [0.717, 1.165) is 226 Å². The molecule has 32 nitrogen and oxygen atoms in total. The molecule has 4 aromatic carbocycles. The number of rotatable bonds is 30. The van der Waals surface area contributed by atoms with E-state index in [1.807, 2.05) is 48.5 Å². The maximum Gasteiger partial charge on any atom is 0.231 e. The van der Waals surface area contributed by atoms with Gasteiger partial charge in [-0.3, -0.25) is 0 Å². The van der Waals surface area contributed by atoms with Crippen molar-refractivity contribution < 1.29 is 37.9 Å². The van der Waals surface area contributed by atoms with E-state index in [0.29, 0.717) is 57.2 Å². The zero-order valence-corrected chi connectivity index (χ0v) is 74.6. The predicted molar refractivity (Wildman–Crippen MR) is 472 cm³/mol. The molecule has 0 unspecified atom stereocenters. The third-order valence-electron chi connectivity index (χ3n) is 18.5. The van der Waals surface area contributed by atoms with E-state index in [9.17, 15) is 0 Å². The maximum absolute atomic E-state index is 6.07. The summed E-state index contributed by atoms with van der Waals surface area (Å²) >= 11 is 15.5. The Hall–Kier alpha value is -7.16. The van der Waals surface area contributed by atoms with Gasteiger partial charge in [0, 0.05) is 73.1 Å². The lowest BCUT2D eigenvalue weighted by molar-refractivity contribution is 0.173. The van der Waals surface area contributed by atoms with Crippen LogP contribution in [0, 0.1) is 38.0 Å². The van der Waals surface area contributed by atoms with E-state index in [2.05, 4.69) is 197 Å². The molecule has 0 radical (unpaired) electrons. The molecular weight excluding hydrogens is 1990 g/mol. The fourth-order valence-electron chi connectivity index (χ4n) is 12.3. The van der Waals surface area contributed by atoms with Crippen LogP contribution in [0.3, 0.4) is 0 Å². The minimum Gasteiger partial charge on any atom is -0.454 e. The number of imidazole rings is 4. The van der Waals surface area contributed by atoms with Crippen LogP contribution in [0.1, 0.15) is 66.2 Å². The molecular formula is C74H84I4N24O8S4. The summed E-state index contributed by atoms with van der Waals surface area (Å²) in [5.41, 5.74) is 29.8. The van der Waals surface area contributed by atoms with Gasteiger partial charge in [-0.25, -0.2) is 59.8 Å². The van der Waals surface area contributed by atoms with Crippen molar-refractivity contribution in [2.45, 2.75) is 133 Å². The van der Waals surface area contributed by atoms with Crippen LogP contribution in [0.4, 0.5) is 23.3 Å². The summed E-state index contributed by atoms with van der Waals surface area (Å²) in [5, 5.41) is 17.4. The van der Waals surface area contributed by atoms with Crippen molar-refractivity contribution in [2.75, 3.05) is 102 Å². The van der Waals surface area contributed by atoms with Crippen LogP contribution in [0.5, 0.6) is 46.0 Å². The number of fused-ring (bicyclic) bond motifs is 8. The molecule has 2 saturated carbocycles. The van der Waals surface area contributed by atoms with Crippen molar-refractivity contribution in [3.63, 3.8) is 0 Å². The number of aryl methyl sites for hydroxylation is 2. The summed E-state index contributed by atoms with van der Waals surface area (Å²) in [4.78, 5) is 57.3. The Morgan fingerprint density at radius 3 is 0.904 bits per heavy atom. The molecule has 0 amide bonds. The Labute approximate surface area is 728 Å². The second-order valence-electron chi connectivity index (χ2n) is 28.1. The van der Waals surface area contributed by atoms with Crippen LogP contribution >= 0.6 is 137 Å². The lowest BCUT2D eigenvalue weighted by Crippen LogP contribution is -2.24. The quantitative estimate of drug-likeness (QED) is 0.0153. The summed E-state index contributed by atoms with van der Waals surface area (Å²) in [6.07, 6.45) is 13.3. The zero-order valence-electron chi connectivity index (χ0n) is 62.7. The fourth-order valence-corrected chi connectivity index (χ4v) is 19.1. The first kappa shape index (κ1) is 82.0. The minimum atomic E-state index is 0.256. The molecule has 600 valence electrons. The van der Waals surface area contributed by atoms with E-state index >= 15 is 0 Å². The molecule has 114 heavy (non-hydrogen) atoms. The summed E-state index contributed by atoms with van der Waals surface area (Å²) in [6.45, 7) is 20.7. The van der Waals surface area contributed by atoms with Crippen molar-refractivity contribution in [1.82, 2.24) is 99.3 Å². The predicted octanol–water partition coefficient (Wildman–Crippen LogP) is 12.8. The van der Waals surface area contributed by atoms with Crippen LogP contribution in [-0.2, 0) is 26.2 Å². The summed E-state index contributed by atoms with van der Waals surface area (Å²) in [6, 6.07) is 15.9. The monoisotopic (exact) mass is 2070 g/mol. The van der Waals surface area contributed by atoms with Crippen LogP contribution < -0.4 is 82.1 Å². The number of ether oxygens (including phenoxy) is 8. The van der Waals surface area contributed by atoms with Gasteiger partial charge in [0.1, 0.15) is 25.3 Å². The Morgan fingerprint density at radius 2 is 0.614 bits per heavy atom. The molecule has 0 spiro atoms. The molecule has 40 heteroatoms. The van der Waals surface area contributed by atoms with Crippen LogP contribution in [0.15, 0.2) is 114 Å². The Balaban J connectivity index is 0.000000120. The SMILES string of the molecule is CC(C)CNCCCn1c(Sc2cc3c(cc2I)OCO3)nc2c(N)ncnc21.CC(C)CNCCn1c(Sc2cc3c(cc2I)OCO3)nc2c(N)ncnc21.Nc1ncnc2c1nc(Sc1cc3c(cc1I)OCO3)n2CCCNCC1CC1.Nc1ncnc2c1nc(Sc1cc3c(cc1I)OCO3)n2CCNCC1CC1. The van der Waals surface area contributed by atoms with E-state index < -0.39 is 0 Å². The van der Waals surface area contributed by atoms with Gasteiger partial charge in [0.25, 0.3) is 0 Å². The summed E-state index contributed by atoms with van der Waals surface area (Å²) in [5.74, 6) is 10.7. The molecule has 0 saturated heterocycles. The molecule has 8 aromatic heterocycles. The molecule has 4 aliphatic heterocycles. The molecule has 0 atom stereocenters. The van der Waals surface area contributed by atoms with Gasteiger partial charge < -0.3 is 100 Å². The Bertz CT molecular complexity index is 5130. The number of nitrogens with two attached hydrogens (primary N) is 4. The van der Waals surface area contributed by atoms with Crippen molar-refractivity contribution in [1.29, 1.82) is 0 Å². The van der Waals surface area contributed by atoms with E-state index in [-0.39, 0.29) is 27.2 Å². The van der Waals surface area contributed by atoms with Crippen molar-refractivity contribution in [3.8, 4) is 46.0 Å². The Morgan fingerprint density at radius 1 is 0.360 bits per heavy atom. The highest BCUT2D eigenvalue weighted by Gasteiger charge is 2.28. The number of halogens is 4. The number of hydrogen-bond acceptors (Lipinski definition) is 32. The van der Waals surface area contributed by atoms with E-state index in [1.54, 1.807) is 47.0 Å². The van der Waals surface area contributed by atoms with Gasteiger partial charge in [0.2, 0.25) is 27.2 Å².